The summed E-state index contributed by atoms with van der Waals surface area (Å²) >= 11 is 0. The highest BCUT2D eigenvalue weighted by Crippen LogP contribution is 2.31. The van der Waals surface area contributed by atoms with E-state index in [1.54, 1.807) is 7.05 Å². The van der Waals surface area contributed by atoms with Crippen LogP contribution in [0.25, 0.3) is 10.8 Å². The van der Waals surface area contributed by atoms with E-state index >= 15 is 0 Å². The summed E-state index contributed by atoms with van der Waals surface area (Å²) in [5.41, 5.74) is 1.23. The summed E-state index contributed by atoms with van der Waals surface area (Å²) in [6.45, 7) is 3.13. The molecule has 0 radical (unpaired) electrons. The van der Waals surface area contributed by atoms with Gasteiger partial charge in [-0.25, -0.2) is 0 Å². The number of guanidine groups is 1. The lowest BCUT2D eigenvalue weighted by Crippen LogP contribution is -2.44. The maximum Gasteiger partial charge on any atom is 0.191 e. The molecule has 1 aliphatic heterocycles. The molecule has 5 nitrogen and oxygen atoms in total. The van der Waals surface area contributed by atoms with E-state index in [1.807, 2.05) is 0 Å². The predicted molar refractivity (Wildman–Crippen MR) is 117 cm³/mol. The molecule has 0 aliphatic carbocycles. The van der Waals surface area contributed by atoms with E-state index in [-0.39, 0.29) is 36.0 Å². The van der Waals surface area contributed by atoms with Crippen molar-refractivity contribution in [2.45, 2.75) is 19.4 Å². The van der Waals surface area contributed by atoms with Crippen LogP contribution in [0.2, 0.25) is 0 Å². The Morgan fingerprint density at radius 2 is 2.00 bits per heavy atom. The first-order valence-electron chi connectivity index (χ1n) is 8.85. The fourth-order valence-electron chi connectivity index (χ4n) is 3.34. The summed E-state index contributed by atoms with van der Waals surface area (Å²) in [4.78, 5) is 4.31. The van der Waals surface area contributed by atoms with Gasteiger partial charge in [-0.05, 0) is 35.2 Å². The van der Waals surface area contributed by atoms with Gasteiger partial charge in [-0.2, -0.15) is 0 Å². The number of rotatable bonds is 6. The van der Waals surface area contributed by atoms with E-state index in [4.69, 9.17) is 4.74 Å². The fourth-order valence-corrected chi connectivity index (χ4v) is 3.34. The number of fused-ring (bicyclic) bond motifs is 1. The monoisotopic (exact) mass is 469 g/mol. The number of ether oxygens (including phenoxy) is 1. The van der Waals surface area contributed by atoms with Crippen molar-refractivity contribution in [2.24, 2.45) is 10.4 Å². The summed E-state index contributed by atoms with van der Waals surface area (Å²) in [7, 11) is 1.78. The number of aliphatic imine (C=N–C) groups is 1. The average Bonchev–Trinajstić information content (AvgIpc) is 3.11. The molecule has 1 atom stereocenters. The van der Waals surface area contributed by atoms with Gasteiger partial charge in [-0.1, -0.05) is 36.4 Å². The van der Waals surface area contributed by atoms with Gasteiger partial charge in [-0.3, -0.25) is 4.99 Å². The van der Waals surface area contributed by atoms with Crippen LogP contribution in [-0.4, -0.2) is 44.5 Å². The summed E-state index contributed by atoms with van der Waals surface area (Å²) in [5.74, 6) is 0.775. The summed E-state index contributed by atoms with van der Waals surface area (Å²) in [5, 5.41) is 18.6. The van der Waals surface area contributed by atoms with Crippen LogP contribution in [-0.2, 0) is 11.3 Å². The molecule has 6 heteroatoms. The van der Waals surface area contributed by atoms with E-state index in [0.717, 1.165) is 32.0 Å². The molecule has 142 valence electrons. The van der Waals surface area contributed by atoms with Gasteiger partial charge in [-0.15, -0.1) is 24.0 Å². The standard InChI is InChI=1S/C20H27N3O2.HI/c1-21-19(23-14-20(8-10-24)9-11-25-15-20)22-13-16-6-7-17-4-2-3-5-18(17)12-16;/h2-7,12,24H,8-11,13-15H2,1H3,(H2,21,22,23);1H. The molecule has 1 aliphatic rings. The number of benzene rings is 2. The van der Waals surface area contributed by atoms with Crippen molar-refractivity contribution in [3.05, 3.63) is 48.0 Å². The van der Waals surface area contributed by atoms with Crippen LogP contribution in [0.5, 0.6) is 0 Å². The van der Waals surface area contributed by atoms with Crippen LogP contribution in [0.1, 0.15) is 18.4 Å². The van der Waals surface area contributed by atoms with Crippen LogP contribution < -0.4 is 10.6 Å². The Morgan fingerprint density at radius 1 is 1.19 bits per heavy atom. The normalized spacial score (nSPS) is 20.0. The quantitative estimate of drug-likeness (QED) is 0.346. The minimum absolute atomic E-state index is 0. The zero-order chi connectivity index (χ0) is 17.5. The summed E-state index contributed by atoms with van der Waals surface area (Å²) < 4.78 is 5.54. The first-order valence-corrected chi connectivity index (χ1v) is 8.85. The lowest BCUT2D eigenvalue weighted by Gasteiger charge is -2.27. The third-order valence-electron chi connectivity index (χ3n) is 4.96. The van der Waals surface area contributed by atoms with Gasteiger partial charge in [0.05, 0.1) is 6.61 Å². The van der Waals surface area contributed by atoms with Crippen molar-refractivity contribution in [1.82, 2.24) is 10.6 Å². The highest BCUT2D eigenvalue weighted by atomic mass is 127. The van der Waals surface area contributed by atoms with Crippen molar-refractivity contribution in [1.29, 1.82) is 0 Å². The molecule has 2 aromatic rings. The molecular weight excluding hydrogens is 441 g/mol. The minimum Gasteiger partial charge on any atom is -0.396 e. The van der Waals surface area contributed by atoms with Crippen molar-refractivity contribution in [2.75, 3.05) is 33.4 Å². The average molecular weight is 469 g/mol. The molecule has 3 N–H and O–H groups in total. The van der Waals surface area contributed by atoms with Crippen LogP contribution in [0, 0.1) is 5.41 Å². The lowest BCUT2D eigenvalue weighted by molar-refractivity contribution is 0.127. The molecular formula is C20H28IN3O2. The number of nitrogens with zero attached hydrogens (tertiary/aromatic N) is 1. The number of hydrogen-bond acceptors (Lipinski definition) is 3. The number of halogens is 1. The molecule has 1 saturated heterocycles. The SMILES string of the molecule is CN=C(NCc1ccc2ccccc2c1)NCC1(CCO)CCOC1.I. The Kier molecular flexibility index (Phi) is 8.12. The maximum absolute atomic E-state index is 9.32. The Hall–Kier alpha value is -1.38. The van der Waals surface area contributed by atoms with Crippen LogP contribution in [0.3, 0.4) is 0 Å². The largest absolute Gasteiger partial charge is 0.396 e. The second-order valence-corrected chi connectivity index (χ2v) is 6.74. The predicted octanol–water partition coefficient (Wildman–Crippen LogP) is 2.91. The zero-order valence-electron chi connectivity index (χ0n) is 15.2. The molecule has 1 unspecified atom stereocenters. The fraction of sp³-hybridized carbons (Fsp3) is 0.450. The molecule has 0 amide bonds. The molecule has 26 heavy (non-hydrogen) atoms. The summed E-state index contributed by atoms with van der Waals surface area (Å²) in [6, 6.07) is 14.9. The Labute approximate surface area is 172 Å². The van der Waals surface area contributed by atoms with Gasteiger partial charge >= 0.3 is 0 Å². The number of aliphatic hydroxyl groups excluding tert-OH is 1. The molecule has 1 heterocycles. The lowest BCUT2D eigenvalue weighted by atomic mass is 9.84. The van der Waals surface area contributed by atoms with Crippen molar-refractivity contribution in [3.8, 4) is 0 Å². The topological polar surface area (TPSA) is 65.9 Å². The zero-order valence-corrected chi connectivity index (χ0v) is 17.5. The van der Waals surface area contributed by atoms with Gasteiger partial charge in [0.15, 0.2) is 5.96 Å². The number of aliphatic hydroxyl groups is 1. The van der Waals surface area contributed by atoms with Gasteiger partial charge in [0.25, 0.3) is 0 Å². The van der Waals surface area contributed by atoms with E-state index < -0.39 is 0 Å². The van der Waals surface area contributed by atoms with Gasteiger partial charge in [0, 0.05) is 38.8 Å². The minimum atomic E-state index is 0. The van der Waals surface area contributed by atoms with E-state index in [0.29, 0.717) is 13.2 Å². The van der Waals surface area contributed by atoms with Crippen molar-refractivity contribution < 1.29 is 9.84 Å². The van der Waals surface area contributed by atoms with Crippen molar-refractivity contribution >= 4 is 40.7 Å². The molecule has 0 bridgehead atoms. The Balaban J connectivity index is 0.00000243. The van der Waals surface area contributed by atoms with Gasteiger partial charge in [0.2, 0.25) is 0 Å². The second kappa shape index (κ2) is 10.1. The molecule has 0 aromatic heterocycles. The van der Waals surface area contributed by atoms with Gasteiger partial charge in [0.1, 0.15) is 0 Å². The maximum atomic E-state index is 9.32. The van der Waals surface area contributed by atoms with E-state index in [1.165, 1.54) is 16.3 Å². The first kappa shape index (κ1) is 20.9. The number of nitrogens with one attached hydrogen (secondary N) is 2. The molecule has 2 aromatic carbocycles. The Bertz CT molecular complexity index is 730. The number of hydrogen-bond donors (Lipinski definition) is 3. The molecule has 1 fully saturated rings. The smallest absolute Gasteiger partial charge is 0.191 e. The highest BCUT2D eigenvalue weighted by molar-refractivity contribution is 14.0. The van der Waals surface area contributed by atoms with Crippen LogP contribution in [0.4, 0.5) is 0 Å². The van der Waals surface area contributed by atoms with E-state index in [9.17, 15) is 5.11 Å². The first-order chi connectivity index (χ1) is 12.2. The van der Waals surface area contributed by atoms with Crippen LogP contribution in [0.15, 0.2) is 47.5 Å². The van der Waals surface area contributed by atoms with Crippen LogP contribution >= 0.6 is 24.0 Å². The van der Waals surface area contributed by atoms with E-state index in [2.05, 4.69) is 58.1 Å². The molecule has 0 saturated carbocycles. The van der Waals surface area contributed by atoms with Gasteiger partial charge < -0.3 is 20.5 Å². The van der Waals surface area contributed by atoms with Crippen molar-refractivity contribution in [3.63, 3.8) is 0 Å². The third kappa shape index (κ3) is 5.31. The summed E-state index contributed by atoms with van der Waals surface area (Å²) in [6.07, 6.45) is 1.73. The third-order valence-corrected chi connectivity index (χ3v) is 4.96. The highest BCUT2D eigenvalue weighted by Gasteiger charge is 2.34. The molecule has 3 rings (SSSR count). The second-order valence-electron chi connectivity index (χ2n) is 6.74. The Morgan fingerprint density at radius 3 is 2.69 bits per heavy atom. The molecule has 0 spiro atoms.